The van der Waals surface area contributed by atoms with Crippen LogP contribution >= 0.6 is 0 Å². The lowest BCUT2D eigenvalue weighted by molar-refractivity contribution is -0.133. The Labute approximate surface area is 193 Å². The lowest BCUT2D eigenvalue weighted by Crippen LogP contribution is -2.52. The highest BCUT2D eigenvalue weighted by Gasteiger charge is 2.28. The van der Waals surface area contributed by atoms with E-state index in [0.29, 0.717) is 49.9 Å². The molecule has 2 amide bonds. The van der Waals surface area contributed by atoms with Gasteiger partial charge in [0.05, 0.1) is 18.5 Å². The van der Waals surface area contributed by atoms with E-state index in [1.807, 2.05) is 52.3 Å². The lowest BCUT2D eigenvalue weighted by atomic mass is 10.1. The number of piperidine rings is 1. The average Bonchev–Trinajstić information content (AvgIpc) is 3.56. The van der Waals surface area contributed by atoms with Crippen LogP contribution in [0.3, 0.4) is 0 Å². The van der Waals surface area contributed by atoms with Gasteiger partial charge in [0, 0.05) is 45.3 Å². The number of furan rings is 1. The second-order valence-electron chi connectivity index (χ2n) is 8.65. The van der Waals surface area contributed by atoms with Crippen molar-refractivity contribution in [1.82, 2.24) is 24.5 Å². The van der Waals surface area contributed by atoms with Crippen molar-refractivity contribution in [3.63, 3.8) is 0 Å². The first-order valence-electron chi connectivity index (χ1n) is 11.7. The third kappa shape index (κ3) is 4.71. The van der Waals surface area contributed by atoms with Crippen LogP contribution in [-0.4, -0.2) is 82.1 Å². The van der Waals surface area contributed by atoms with Crippen molar-refractivity contribution < 1.29 is 14.0 Å². The summed E-state index contributed by atoms with van der Waals surface area (Å²) in [6, 6.07) is 15.1. The fourth-order valence-electron chi connectivity index (χ4n) is 4.55. The second kappa shape index (κ2) is 9.62. The van der Waals surface area contributed by atoms with E-state index in [-0.39, 0.29) is 11.8 Å². The summed E-state index contributed by atoms with van der Waals surface area (Å²) in [5, 5.41) is 4.66. The molecule has 2 aliphatic heterocycles. The second-order valence-corrected chi connectivity index (χ2v) is 8.65. The van der Waals surface area contributed by atoms with Crippen LogP contribution in [0.25, 0.3) is 17.1 Å². The van der Waals surface area contributed by atoms with Gasteiger partial charge in [-0.05, 0) is 43.5 Å². The molecule has 5 rings (SSSR count). The summed E-state index contributed by atoms with van der Waals surface area (Å²) in [7, 11) is 0. The molecule has 2 saturated heterocycles. The minimum atomic E-state index is -0.0637. The van der Waals surface area contributed by atoms with Crippen molar-refractivity contribution >= 4 is 11.8 Å². The molecule has 3 aromatic rings. The lowest BCUT2D eigenvalue weighted by Gasteiger charge is -2.36. The van der Waals surface area contributed by atoms with Gasteiger partial charge in [-0.25, -0.2) is 4.68 Å². The maximum Gasteiger partial charge on any atom is 0.272 e. The molecule has 0 saturated carbocycles. The summed E-state index contributed by atoms with van der Waals surface area (Å²) in [6.07, 6.45) is 5.01. The van der Waals surface area contributed by atoms with E-state index in [0.717, 1.165) is 31.6 Å². The zero-order valence-electron chi connectivity index (χ0n) is 18.7. The average molecular weight is 448 g/mol. The zero-order chi connectivity index (χ0) is 22.6. The van der Waals surface area contributed by atoms with Crippen LogP contribution in [0.15, 0.2) is 59.2 Å². The third-order valence-electron chi connectivity index (χ3n) is 6.43. The number of piperazine rings is 1. The topological polar surface area (TPSA) is 74.8 Å². The standard InChI is InChI=1S/C25H29N5O3/c31-24(28-11-5-2-6-12-28)19-27-13-15-29(16-14-27)25(32)22-18-21(23-10-7-17-33-23)26-30(22)20-8-3-1-4-9-20/h1,3-4,7-10,17-18H,2,5-6,11-16,19H2. The maximum absolute atomic E-state index is 13.5. The molecule has 0 spiro atoms. The smallest absolute Gasteiger partial charge is 0.272 e. The Hall–Kier alpha value is -3.39. The number of likely N-dealkylation sites (tertiary alicyclic amines) is 1. The van der Waals surface area contributed by atoms with E-state index in [1.54, 1.807) is 17.0 Å². The number of hydrogen-bond donors (Lipinski definition) is 0. The van der Waals surface area contributed by atoms with Gasteiger partial charge in [-0.1, -0.05) is 18.2 Å². The van der Waals surface area contributed by atoms with Gasteiger partial charge in [-0.15, -0.1) is 0 Å². The first-order chi connectivity index (χ1) is 16.2. The number of amides is 2. The van der Waals surface area contributed by atoms with Crippen LogP contribution in [0.5, 0.6) is 0 Å². The van der Waals surface area contributed by atoms with Crippen LogP contribution in [0, 0.1) is 0 Å². The number of carbonyl (C=O) groups is 2. The molecule has 33 heavy (non-hydrogen) atoms. The summed E-state index contributed by atoms with van der Waals surface area (Å²) in [5.74, 6) is 0.769. The van der Waals surface area contributed by atoms with E-state index >= 15 is 0 Å². The van der Waals surface area contributed by atoms with Crippen molar-refractivity contribution in [1.29, 1.82) is 0 Å². The molecule has 4 heterocycles. The first-order valence-corrected chi connectivity index (χ1v) is 11.7. The van der Waals surface area contributed by atoms with Crippen molar-refractivity contribution in [2.45, 2.75) is 19.3 Å². The van der Waals surface area contributed by atoms with E-state index in [1.165, 1.54) is 6.42 Å². The molecule has 0 unspecified atom stereocenters. The zero-order valence-corrected chi connectivity index (χ0v) is 18.7. The van der Waals surface area contributed by atoms with Gasteiger partial charge >= 0.3 is 0 Å². The molecule has 0 bridgehead atoms. The molecule has 2 aliphatic rings. The van der Waals surface area contributed by atoms with Crippen LogP contribution in [0.4, 0.5) is 0 Å². The molecule has 8 heteroatoms. The highest BCUT2D eigenvalue weighted by atomic mass is 16.3. The summed E-state index contributed by atoms with van der Waals surface area (Å²) < 4.78 is 7.19. The Kier molecular flexibility index (Phi) is 6.26. The Balaban J connectivity index is 1.28. The fraction of sp³-hybridized carbons (Fsp3) is 0.400. The number of carbonyl (C=O) groups excluding carboxylic acids is 2. The summed E-state index contributed by atoms with van der Waals surface area (Å²) in [5.41, 5.74) is 1.95. The molecule has 172 valence electrons. The Morgan fingerprint density at radius 3 is 2.30 bits per heavy atom. The molecular weight excluding hydrogens is 418 g/mol. The molecule has 0 atom stereocenters. The third-order valence-corrected chi connectivity index (χ3v) is 6.43. The molecule has 1 aromatic carbocycles. The van der Waals surface area contributed by atoms with Gasteiger partial charge in [-0.3, -0.25) is 14.5 Å². The van der Waals surface area contributed by atoms with Gasteiger partial charge in [0.2, 0.25) is 5.91 Å². The molecule has 8 nitrogen and oxygen atoms in total. The Bertz CT molecular complexity index is 1080. The van der Waals surface area contributed by atoms with Crippen molar-refractivity contribution in [2.75, 3.05) is 45.8 Å². The van der Waals surface area contributed by atoms with Crippen LogP contribution in [0.2, 0.25) is 0 Å². The molecule has 0 radical (unpaired) electrons. The van der Waals surface area contributed by atoms with Crippen molar-refractivity contribution in [3.8, 4) is 17.1 Å². The Morgan fingerprint density at radius 1 is 0.848 bits per heavy atom. The number of nitrogens with zero attached hydrogens (tertiary/aromatic N) is 5. The predicted molar refractivity (Wildman–Crippen MR) is 124 cm³/mol. The highest BCUT2D eigenvalue weighted by Crippen LogP contribution is 2.23. The predicted octanol–water partition coefficient (Wildman–Crippen LogP) is 2.90. The van der Waals surface area contributed by atoms with Gasteiger partial charge in [0.1, 0.15) is 11.4 Å². The van der Waals surface area contributed by atoms with Gasteiger partial charge < -0.3 is 14.2 Å². The maximum atomic E-state index is 13.5. The van der Waals surface area contributed by atoms with Crippen LogP contribution in [0.1, 0.15) is 29.8 Å². The first kappa shape index (κ1) is 21.5. The van der Waals surface area contributed by atoms with E-state index in [2.05, 4.69) is 10.00 Å². The van der Waals surface area contributed by atoms with E-state index in [4.69, 9.17) is 4.42 Å². The van der Waals surface area contributed by atoms with Gasteiger partial charge in [-0.2, -0.15) is 5.10 Å². The van der Waals surface area contributed by atoms with Crippen LogP contribution < -0.4 is 0 Å². The minimum absolute atomic E-state index is 0.0637. The van der Waals surface area contributed by atoms with Gasteiger partial charge in [0.15, 0.2) is 5.76 Å². The summed E-state index contributed by atoms with van der Waals surface area (Å²) in [6.45, 7) is 4.74. The molecule has 0 N–H and O–H groups in total. The van der Waals surface area contributed by atoms with Crippen molar-refractivity contribution in [3.05, 3.63) is 60.5 Å². The number of rotatable bonds is 5. The SMILES string of the molecule is O=C(CN1CCN(C(=O)c2cc(-c3ccco3)nn2-c2ccccc2)CC1)N1CCCCC1. The highest BCUT2D eigenvalue weighted by molar-refractivity contribution is 5.94. The minimum Gasteiger partial charge on any atom is -0.463 e. The van der Waals surface area contributed by atoms with Gasteiger partial charge in [0.25, 0.3) is 5.91 Å². The molecule has 0 aliphatic carbocycles. The van der Waals surface area contributed by atoms with Crippen molar-refractivity contribution in [2.24, 2.45) is 0 Å². The normalized spacial score (nSPS) is 17.3. The fourth-order valence-corrected chi connectivity index (χ4v) is 4.55. The molecule has 2 fully saturated rings. The molecular formula is C25H29N5O3. The number of benzene rings is 1. The summed E-state index contributed by atoms with van der Waals surface area (Å²) >= 11 is 0. The molecule has 2 aromatic heterocycles. The monoisotopic (exact) mass is 447 g/mol. The van der Waals surface area contributed by atoms with E-state index in [9.17, 15) is 9.59 Å². The quantitative estimate of drug-likeness (QED) is 0.601. The Morgan fingerprint density at radius 2 is 1.61 bits per heavy atom. The summed E-state index contributed by atoms with van der Waals surface area (Å²) in [4.78, 5) is 32.1. The number of hydrogen-bond acceptors (Lipinski definition) is 5. The largest absolute Gasteiger partial charge is 0.463 e. The van der Waals surface area contributed by atoms with Crippen LogP contribution in [-0.2, 0) is 4.79 Å². The number of aromatic nitrogens is 2. The van der Waals surface area contributed by atoms with E-state index < -0.39 is 0 Å². The number of para-hydroxylation sites is 1.